The Bertz CT molecular complexity index is 348. The summed E-state index contributed by atoms with van der Waals surface area (Å²) in [5.74, 6) is 0. The van der Waals surface area contributed by atoms with Crippen LogP contribution >= 0.6 is 0 Å². The molecule has 0 saturated carbocycles. The van der Waals surface area contributed by atoms with Crippen molar-refractivity contribution in [3.05, 3.63) is 17.5 Å². The Kier molecular flexibility index (Phi) is 3.61. The van der Waals surface area contributed by atoms with E-state index in [0.29, 0.717) is 6.04 Å². The zero-order chi connectivity index (χ0) is 11.5. The zero-order valence-electron chi connectivity index (χ0n) is 10.2. The summed E-state index contributed by atoms with van der Waals surface area (Å²) in [5.41, 5.74) is 2.34. The number of hydrogen-bond acceptors (Lipinski definition) is 3. The van der Waals surface area contributed by atoms with Gasteiger partial charge in [0.2, 0.25) is 0 Å². The highest BCUT2D eigenvalue weighted by Gasteiger charge is 2.24. The molecule has 1 aromatic heterocycles. The van der Waals surface area contributed by atoms with Crippen molar-refractivity contribution in [3.8, 4) is 0 Å². The van der Waals surface area contributed by atoms with E-state index in [-0.39, 0.29) is 6.61 Å². The van der Waals surface area contributed by atoms with Crippen LogP contribution in [0.3, 0.4) is 0 Å². The highest BCUT2D eigenvalue weighted by Crippen LogP contribution is 2.19. The van der Waals surface area contributed by atoms with Crippen molar-refractivity contribution >= 4 is 0 Å². The maximum Gasteiger partial charge on any atom is 0.0597 e. The quantitative estimate of drug-likeness (QED) is 0.833. The average Bonchev–Trinajstić information content (AvgIpc) is 2.85. The van der Waals surface area contributed by atoms with Crippen molar-refractivity contribution < 1.29 is 5.11 Å². The molecule has 1 aliphatic rings. The second-order valence-corrected chi connectivity index (χ2v) is 4.54. The molecule has 0 amide bonds. The van der Waals surface area contributed by atoms with Crippen LogP contribution in [0.4, 0.5) is 0 Å². The topological polar surface area (TPSA) is 41.3 Å². The van der Waals surface area contributed by atoms with Crippen molar-refractivity contribution in [2.45, 2.75) is 45.8 Å². The molecule has 90 valence electrons. The van der Waals surface area contributed by atoms with Gasteiger partial charge in [0.25, 0.3) is 0 Å². The van der Waals surface area contributed by atoms with Crippen molar-refractivity contribution in [1.82, 2.24) is 14.7 Å². The molecular weight excluding hydrogens is 202 g/mol. The molecule has 1 saturated heterocycles. The van der Waals surface area contributed by atoms with Crippen molar-refractivity contribution in [3.63, 3.8) is 0 Å². The van der Waals surface area contributed by atoms with Gasteiger partial charge in [0, 0.05) is 19.1 Å². The van der Waals surface area contributed by atoms with Gasteiger partial charge in [-0.2, -0.15) is 5.10 Å². The SMILES string of the molecule is CCn1nc(C)cc1CN1CCC[C@H]1CO. The molecule has 0 bridgehead atoms. The monoisotopic (exact) mass is 223 g/mol. The molecule has 1 fully saturated rings. The van der Waals surface area contributed by atoms with E-state index in [1.54, 1.807) is 0 Å². The number of aliphatic hydroxyl groups is 1. The van der Waals surface area contributed by atoms with Gasteiger partial charge >= 0.3 is 0 Å². The molecule has 0 radical (unpaired) electrons. The van der Waals surface area contributed by atoms with Crippen LogP contribution in [0, 0.1) is 6.92 Å². The maximum absolute atomic E-state index is 9.28. The van der Waals surface area contributed by atoms with Crippen LogP contribution in [0.5, 0.6) is 0 Å². The number of aliphatic hydroxyl groups excluding tert-OH is 1. The lowest BCUT2D eigenvalue weighted by Crippen LogP contribution is -2.32. The highest BCUT2D eigenvalue weighted by molar-refractivity contribution is 5.09. The fourth-order valence-corrected chi connectivity index (χ4v) is 2.52. The Morgan fingerprint density at radius 3 is 3.06 bits per heavy atom. The first-order chi connectivity index (χ1) is 7.74. The molecule has 0 aromatic carbocycles. The van der Waals surface area contributed by atoms with Gasteiger partial charge in [-0.15, -0.1) is 0 Å². The molecule has 16 heavy (non-hydrogen) atoms. The van der Waals surface area contributed by atoms with Crippen LogP contribution in [-0.2, 0) is 13.1 Å². The Hall–Kier alpha value is -0.870. The van der Waals surface area contributed by atoms with Crippen LogP contribution in [0.15, 0.2) is 6.07 Å². The Morgan fingerprint density at radius 2 is 2.38 bits per heavy atom. The first-order valence-corrected chi connectivity index (χ1v) is 6.12. The predicted octanol–water partition coefficient (Wildman–Crippen LogP) is 1.17. The second kappa shape index (κ2) is 4.97. The summed E-state index contributed by atoms with van der Waals surface area (Å²) in [5, 5.41) is 13.7. The van der Waals surface area contributed by atoms with E-state index >= 15 is 0 Å². The van der Waals surface area contributed by atoms with Gasteiger partial charge in [-0.3, -0.25) is 9.58 Å². The van der Waals surface area contributed by atoms with Gasteiger partial charge in [-0.25, -0.2) is 0 Å². The number of likely N-dealkylation sites (tertiary alicyclic amines) is 1. The minimum absolute atomic E-state index is 0.277. The van der Waals surface area contributed by atoms with Gasteiger partial charge < -0.3 is 5.11 Å². The summed E-state index contributed by atoms with van der Waals surface area (Å²) in [6.45, 7) is 7.35. The minimum atomic E-state index is 0.277. The summed E-state index contributed by atoms with van der Waals surface area (Å²) in [6.07, 6.45) is 2.32. The molecule has 2 heterocycles. The maximum atomic E-state index is 9.28. The Balaban J connectivity index is 2.07. The standard InChI is InChI=1S/C12H21N3O/c1-3-15-12(7-10(2)13-15)8-14-6-4-5-11(14)9-16/h7,11,16H,3-6,8-9H2,1-2H3/t11-/m0/s1. The largest absolute Gasteiger partial charge is 0.395 e. The van der Waals surface area contributed by atoms with E-state index in [2.05, 4.69) is 27.7 Å². The van der Waals surface area contributed by atoms with Crippen molar-refractivity contribution in [2.75, 3.05) is 13.2 Å². The van der Waals surface area contributed by atoms with Gasteiger partial charge in [0.05, 0.1) is 18.0 Å². The van der Waals surface area contributed by atoms with Crippen LogP contribution < -0.4 is 0 Å². The van der Waals surface area contributed by atoms with Gasteiger partial charge in [0.15, 0.2) is 0 Å². The Labute approximate surface area is 96.9 Å². The van der Waals surface area contributed by atoms with E-state index in [0.717, 1.165) is 31.7 Å². The van der Waals surface area contributed by atoms with Crippen molar-refractivity contribution in [1.29, 1.82) is 0 Å². The number of aromatic nitrogens is 2. The molecule has 4 heteroatoms. The third-order valence-electron chi connectivity index (χ3n) is 3.36. The number of rotatable bonds is 4. The third-order valence-corrected chi connectivity index (χ3v) is 3.36. The van der Waals surface area contributed by atoms with Gasteiger partial charge in [0.1, 0.15) is 0 Å². The number of aryl methyl sites for hydroxylation is 2. The van der Waals surface area contributed by atoms with Crippen LogP contribution in [-0.4, -0.2) is 39.0 Å². The fourth-order valence-electron chi connectivity index (χ4n) is 2.52. The predicted molar refractivity (Wildman–Crippen MR) is 63.2 cm³/mol. The normalized spacial score (nSPS) is 21.8. The van der Waals surface area contributed by atoms with E-state index in [1.807, 2.05) is 6.92 Å². The molecule has 1 aliphatic heterocycles. The molecule has 0 spiro atoms. The van der Waals surface area contributed by atoms with E-state index in [4.69, 9.17) is 0 Å². The van der Waals surface area contributed by atoms with Crippen LogP contribution in [0.2, 0.25) is 0 Å². The van der Waals surface area contributed by atoms with Crippen LogP contribution in [0.25, 0.3) is 0 Å². The first kappa shape index (κ1) is 11.6. The molecule has 1 N–H and O–H groups in total. The summed E-state index contributed by atoms with van der Waals surface area (Å²) < 4.78 is 2.06. The fraction of sp³-hybridized carbons (Fsp3) is 0.750. The smallest absolute Gasteiger partial charge is 0.0597 e. The molecule has 0 aliphatic carbocycles. The third kappa shape index (κ3) is 2.28. The summed E-state index contributed by atoms with van der Waals surface area (Å²) in [6, 6.07) is 2.50. The van der Waals surface area contributed by atoms with Crippen LogP contribution in [0.1, 0.15) is 31.2 Å². The molecule has 1 aromatic rings. The molecule has 0 unspecified atom stereocenters. The lowest BCUT2D eigenvalue weighted by molar-refractivity contribution is 0.151. The summed E-state index contributed by atoms with van der Waals surface area (Å²) in [7, 11) is 0. The second-order valence-electron chi connectivity index (χ2n) is 4.54. The lowest BCUT2D eigenvalue weighted by Gasteiger charge is -2.22. The number of hydrogen-bond donors (Lipinski definition) is 1. The van der Waals surface area contributed by atoms with E-state index in [9.17, 15) is 5.11 Å². The van der Waals surface area contributed by atoms with Gasteiger partial charge in [-0.05, 0) is 39.3 Å². The average molecular weight is 223 g/mol. The molecule has 2 rings (SSSR count). The zero-order valence-corrected chi connectivity index (χ0v) is 10.2. The first-order valence-electron chi connectivity index (χ1n) is 6.12. The summed E-state index contributed by atoms with van der Waals surface area (Å²) in [4.78, 5) is 2.36. The molecule has 4 nitrogen and oxygen atoms in total. The van der Waals surface area contributed by atoms with E-state index < -0.39 is 0 Å². The highest BCUT2D eigenvalue weighted by atomic mass is 16.3. The summed E-state index contributed by atoms with van der Waals surface area (Å²) >= 11 is 0. The molecular formula is C12H21N3O. The minimum Gasteiger partial charge on any atom is -0.395 e. The number of nitrogens with zero attached hydrogens (tertiary/aromatic N) is 3. The van der Waals surface area contributed by atoms with Gasteiger partial charge in [-0.1, -0.05) is 0 Å². The Morgan fingerprint density at radius 1 is 1.56 bits per heavy atom. The van der Waals surface area contributed by atoms with E-state index in [1.165, 1.54) is 12.1 Å². The molecule has 1 atom stereocenters. The lowest BCUT2D eigenvalue weighted by atomic mass is 10.2. The van der Waals surface area contributed by atoms with Crippen molar-refractivity contribution in [2.24, 2.45) is 0 Å².